The van der Waals surface area contributed by atoms with Crippen LogP contribution in [0.1, 0.15) is 63.7 Å². The number of allylic oxidation sites excluding steroid dienone is 3. The molecule has 0 aliphatic carbocycles. The van der Waals surface area contributed by atoms with Gasteiger partial charge in [0.25, 0.3) is 0 Å². The van der Waals surface area contributed by atoms with Gasteiger partial charge in [-0.3, -0.25) is 19.2 Å². The summed E-state index contributed by atoms with van der Waals surface area (Å²) in [5, 5.41) is 24.9. The second kappa shape index (κ2) is 25.8. The fourth-order valence-electron chi connectivity index (χ4n) is 5.14. The lowest BCUT2D eigenvalue weighted by Gasteiger charge is -2.28. The van der Waals surface area contributed by atoms with E-state index in [1.165, 1.54) is 13.1 Å². The number of carbonyl (C=O) groups excluding carboxylic acids is 4. The second-order valence-electron chi connectivity index (χ2n) is 13.3. The Kier molecular flexibility index (Phi) is 22.5. The molecule has 1 aromatic carbocycles. The highest BCUT2D eigenvalue weighted by Crippen LogP contribution is 2.26. The van der Waals surface area contributed by atoms with Crippen molar-refractivity contribution in [2.24, 2.45) is 17.4 Å². The number of hydrogen-bond acceptors (Lipinski definition) is 11. The third kappa shape index (κ3) is 16.7. The molecule has 0 spiro atoms. The normalized spacial score (nSPS) is 13.7. The average molecular weight is 782 g/mol. The SMILES string of the molecule is C=CC(=C)Oc1ccc(C(O)C(NC(=O)C(CC(C)C)NC)C(=O)NC(CC(=O)NC(=CC)C(=C)C=C(OCCCN)C(=C)OCCCN)C(=O)NC)cc1C. The topological polar surface area (TPSA) is 228 Å². The largest absolute Gasteiger partial charge is 0.490 e. The maximum Gasteiger partial charge on any atom is 0.246 e. The van der Waals surface area contributed by atoms with Crippen molar-refractivity contribution in [3.63, 3.8) is 0 Å². The minimum absolute atomic E-state index is 0.129. The lowest BCUT2D eigenvalue weighted by atomic mass is 9.97. The molecule has 1 aromatic rings. The first-order valence-electron chi connectivity index (χ1n) is 18.6. The second-order valence-corrected chi connectivity index (χ2v) is 13.3. The molecule has 0 aromatic heterocycles. The molecule has 0 bridgehead atoms. The van der Waals surface area contributed by atoms with Crippen LogP contribution in [-0.2, 0) is 28.7 Å². The maximum atomic E-state index is 14.0. The summed E-state index contributed by atoms with van der Waals surface area (Å²) in [5.41, 5.74) is 12.7. The Balaban J connectivity index is 3.40. The minimum Gasteiger partial charge on any atom is -0.490 e. The van der Waals surface area contributed by atoms with Gasteiger partial charge >= 0.3 is 0 Å². The number of nitrogens with one attached hydrogen (secondary N) is 5. The molecule has 4 amide bonds. The van der Waals surface area contributed by atoms with Gasteiger partial charge in [-0.25, -0.2) is 0 Å². The molecule has 0 fully saturated rings. The zero-order valence-electron chi connectivity index (χ0n) is 33.8. The predicted octanol–water partition coefficient (Wildman–Crippen LogP) is 2.55. The van der Waals surface area contributed by atoms with E-state index >= 15 is 0 Å². The molecule has 4 atom stereocenters. The van der Waals surface area contributed by atoms with Crippen molar-refractivity contribution in [2.45, 2.75) is 77.6 Å². The van der Waals surface area contributed by atoms with Crippen molar-refractivity contribution in [1.82, 2.24) is 26.6 Å². The Bertz CT molecular complexity index is 1600. The molecule has 4 unspecified atom stereocenters. The molecule has 56 heavy (non-hydrogen) atoms. The molecule has 0 heterocycles. The molecule has 15 heteroatoms. The van der Waals surface area contributed by atoms with Crippen LogP contribution in [0.3, 0.4) is 0 Å². The first-order valence-corrected chi connectivity index (χ1v) is 18.6. The average Bonchev–Trinajstić information content (AvgIpc) is 3.17. The van der Waals surface area contributed by atoms with Crippen LogP contribution in [0.15, 0.2) is 91.3 Å². The Morgan fingerprint density at radius 2 is 1.57 bits per heavy atom. The molecule has 0 aliphatic rings. The molecule has 0 saturated heterocycles. The van der Waals surface area contributed by atoms with Gasteiger partial charge in [-0.1, -0.05) is 52.3 Å². The lowest BCUT2D eigenvalue weighted by molar-refractivity contribution is -0.136. The van der Waals surface area contributed by atoms with E-state index in [9.17, 15) is 24.3 Å². The number of aliphatic hydroxyl groups is 1. The van der Waals surface area contributed by atoms with E-state index in [2.05, 4.69) is 52.9 Å². The van der Waals surface area contributed by atoms with Crippen LogP contribution in [0.2, 0.25) is 0 Å². The monoisotopic (exact) mass is 781 g/mol. The number of aliphatic hydroxyl groups excluding tert-OH is 1. The van der Waals surface area contributed by atoms with E-state index in [1.807, 2.05) is 13.8 Å². The highest BCUT2D eigenvalue weighted by atomic mass is 16.5. The van der Waals surface area contributed by atoms with Gasteiger partial charge < -0.3 is 57.4 Å². The maximum absolute atomic E-state index is 14.0. The summed E-state index contributed by atoms with van der Waals surface area (Å²) >= 11 is 0. The summed E-state index contributed by atoms with van der Waals surface area (Å²) in [7, 11) is 2.97. The number of rotatable bonds is 27. The zero-order valence-corrected chi connectivity index (χ0v) is 33.8. The molecule has 0 radical (unpaired) electrons. The Hall–Kier alpha value is -5.22. The van der Waals surface area contributed by atoms with E-state index in [4.69, 9.17) is 25.7 Å². The number of hydrogen-bond donors (Lipinski definition) is 8. The van der Waals surface area contributed by atoms with Crippen LogP contribution in [0.5, 0.6) is 5.75 Å². The fourth-order valence-corrected chi connectivity index (χ4v) is 5.14. The number of carbonyl (C=O) groups is 4. The highest BCUT2D eigenvalue weighted by Gasteiger charge is 2.35. The smallest absolute Gasteiger partial charge is 0.246 e. The summed E-state index contributed by atoms with van der Waals surface area (Å²) in [5.74, 6) is -1.38. The number of amides is 4. The van der Waals surface area contributed by atoms with Crippen LogP contribution in [0, 0.1) is 12.8 Å². The van der Waals surface area contributed by atoms with E-state index in [0.29, 0.717) is 61.6 Å². The van der Waals surface area contributed by atoms with Gasteiger partial charge in [0.1, 0.15) is 29.7 Å². The van der Waals surface area contributed by atoms with Gasteiger partial charge in [0.2, 0.25) is 23.6 Å². The quantitative estimate of drug-likeness (QED) is 0.0368. The number of benzene rings is 1. The summed E-state index contributed by atoms with van der Waals surface area (Å²) in [6.07, 6.45) is 4.12. The predicted molar refractivity (Wildman–Crippen MR) is 218 cm³/mol. The van der Waals surface area contributed by atoms with E-state index in [1.54, 1.807) is 51.2 Å². The van der Waals surface area contributed by atoms with Gasteiger partial charge in [-0.15, -0.1) is 0 Å². The van der Waals surface area contributed by atoms with Gasteiger partial charge in [0.05, 0.1) is 25.7 Å². The third-order valence-corrected chi connectivity index (χ3v) is 8.27. The van der Waals surface area contributed by atoms with Crippen LogP contribution < -0.4 is 42.8 Å². The van der Waals surface area contributed by atoms with E-state index in [0.717, 1.165) is 0 Å². The number of ether oxygens (including phenoxy) is 3. The Morgan fingerprint density at radius 3 is 2.11 bits per heavy atom. The molecule has 0 aliphatic heterocycles. The number of aryl methyl sites for hydroxylation is 1. The van der Waals surface area contributed by atoms with Gasteiger partial charge in [0.15, 0.2) is 11.5 Å². The summed E-state index contributed by atoms with van der Waals surface area (Å²) in [6, 6.07) is 1.05. The van der Waals surface area contributed by atoms with E-state index in [-0.39, 0.29) is 35.3 Å². The first-order chi connectivity index (χ1) is 26.6. The lowest BCUT2D eigenvalue weighted by Crippen LogP contribution is -2.58. The summed E-state index contributed by atoms with van der Waals surface area (Å²) in [4.78, 5) is 54.0. The van der Waals surface area contributed by atoms with Crippen LogP contribution in [-0.4, -0.2) is 87.3 Å². The standard InChI is InChI=1S/C41H63N7O8/c1-11-28(7)56-34-16-15-30(22-27(34)6)38(50)37(48-40(52)32(44-9)21-25(3)4)41(53)47-33(39(51)45-10)24-36(49)46-31(12-2)26(5)23-35(55-20-14-18-43)29(8)54-19-13-17-42/h11-12,15-16,22-23,25,32-33,37-38,44,50H,1,5,7-8,13-14,17-21,24,42-43H2,2-4,6,9-10H3,(H,45,51)(H,46,49)(H,47,53)(H,48,52). The third-order valence-electron chi connectivity index (χ3n) is 8.27. The molecule has 10 N–H and O–H groups in total. The van der Waals surface area contributed by atoms with Crippen molar-refractivity contribution >= 4 is 23.6 Å². The van der Waals surface area contributed by atoms with Crippen molar-refractivity contribution in [2.75, 3.05) is 40.4 Å². The van der Waals surface area contributed by atoms with Crippen LogP contribution in [0.25, 0.3) is 0 Å². The first kappa shape index (κ1) is 48.8. The van der Waals surface area contributed by atoms with Crippen molar-refractivity contribution in [1.29, 1.82) is 0 Å². The molecular weight excluding hydrogens is 718 g/mol. The minimum atomic E-state index is -1.58. The molecule has 1 rings (SSSR count). The summed E-state index contributed by atoms with van der Waals surface area (Å²) in [6.45, 7) is 24.1. The zero-order chi connectivity index (χ0) is 42.4. The van der Waals surface area contributed by atoms with Gasteiger partial charge in [-0.05, 0) is 100 Å². The highest BCUT2D eigenvalue weighted by molar-refractivity contribution is 5.95. The van der Waals surface area contributed by atoms with E-state index < -0.39 is 54.3 Å². The molecule has 15 nitrogen and oxygen atoms in total. The van der Waals surface area contributed by atoms with Crippen molar-refractivity contribution in [3.05, 3.63) is 102 Å². The van der Waals surface area contributed by atoms with Crippen LogP contribution in [0.4, 0.5) is 0 Å². The molecular formula is C41H63N7O8. The van der Waals surface area contributed by atoms with Gasteiger partial charge in [0, 0.05) is 12.7 Å². The molecule has 0 saturated carbocycles. The van der Waals surface area contributed by atoms with Crippen LogP contribution >= 0.6 is 0 Å². The van der Waals surface area contributed by atoms with Crippen molar-refractivity contribution < 1.29 is 38.5 Å². The Morgan fingerprint density at radius 1 is 0.929 bits per heavy atom. The van der Waals surface area contributed by atoms with Crippen molar-refractivity contribution in [3.8, 4) is 5.75 Å². The van der Waals surface area contributed by atoms with Gasteiger partial charge in [-0.2, -0.15) is 0 Å². The Labute approximate surface area is 331 Å². The molecule has 310 valence electrons. The fraction of sp³-hybridized carbons (Fsp3) is 0.463. The number of nitrogens with two attached hydrogens (primary N) is 2. The number of likely N-dealkylation sites (N-methyl/N-ethyl adjacent to an activating group) is 2. The summed E-state index contributed by atoms with van der Waals surface area (Å²) < 4.78 is 17.2.